The summed E-state index contributed by atoms with van der Waals surface area (Å²) >= 11 is 0.578. The molecule has 1 nitrogen and oxygen atoms in total. The van der Waals surface area contributed by atoms with Gasteiger partial charge >= 0.3 is 36.3 Å². The Morgan fingerprint density at radius 3 is 1.80 bits per heavy atom. The van der Waals surface area contributed by atoms with Crippen molar-refractivity contribution in [1.82, 2.24) is 0 Å². The Hall–Kier alpha value is 0.378. The molecular formula is CH3AsF2O. The first-order chi connectivity index (χ1) is 2.27. The number of hydrogen-bond acceptors (Lipinski definition) is 1. The summed E-state index contributed by atoms with van der Waals surface area (Å²) in [4.78, 5) is 0. The molecule has 0 bridgehead atoms. The molecule has 0 aliphatic heterocycles. The van der Waals surface area contributed by atoms with Crippen LogP contribution in [0.1, 0.15) is 0 Å². The Bertz CT molecular complexity index is 23.6. The van der Waals surface area contributed by atoms with E-state index in [-0.39, 0.29) is 0 Å². The van der Waals surface area contributed by atoms with Crippen molar-refractivity contribution in [2.24, 2.45) is 0 Å². The van der Waals surface area contributed by atoms with E-state index in [0.29, 0.717) is 17.2 Å². The van der Waals surface area contributed by atoms with Gasteiger partial charge in [0.1, 0.15) is 0 Å². The Morgan fingerprint density at radius 2 is 1.80 bits per heavy atom. The van der Waals surface area contributed by atoms with Gasteiger partial charge in [0.05, 0.1) is 0 Å². The fourth-order valence-electron chi connectivity index (χ4n) is 0. The Balaban J connectivity index is 2.54. The van der Waals surface area contributed by atoms with Crippen LogP contribution in [0.5, 0.6) is 0 Å². The van der Waals surface area contributed by atoms with E-state index in [1.165, 1.54) is 0 Å². The van der Waals surface area contributed by atoms with Gasteiger partial charge in [-0.25, -0.2) is 0 Å². The van der Waals surface area contributed by atoms with Gasteiger partial charge in [-0.15, -0.1) is 0 Å². The van der Waals surface area contributed by atoms with Crippen LogP contribution in [0.15, 0.2) is 0 Å². The molecule has 1 atom stereocenters. The van der Waals surface area contributed by atoms with Crippen molar-refractivity contribution in [3.8, 4) is 0 Å². The van der Waals surface area contributed by atoms with Gasteiger partial charge in [0.15, 0.2) is 0 Å². The molecule has 0 rings (SSSR count). The average molecular weight is 144 g/mol. The molecule has 0 amide bonds. The van der Waals surface area contributed by atoms with Crippen molar-refractivity contribution in [2.75, 3.05) is 0 Å². The molecular weight excluding hydrogens is 141 g/mol. The molecule has 0 saturated carbocycles. The number of halogens is 2. The molecule has 0 aromatic rings. The summed E-state index contributed by atoms with van der Waals surface area (Å²) < 4.78 is 24.6. The van der Waals surface area contributed by atoms with Gasteiger partial charge in [-0.3, -0.25) is 0 Å². The molecule has 0 aliphatic carbocycles. The zero-order valence-corrected chi connectivity index (χ0v) is 4.74. The first kappa shape index (κ1) is 5.38. The second-order valence-corrected chi connectivity index (χ2v) is 0.968. The predicted molar refractivity (Wildman–Crippen MR) is 15.6 cm³/mol. The van der Waals surface area contributed by atoms with Crippen LogP contribution in [0.3, 0.4) is 0 Å². The van der Waals surface area contributed by atoms with Crippen LogP contribution >= 0.6 is 0 Å². The maximum atomic E-state index is 10.6. The van der Waals surface area contributed by atoms with Crippen molar-refractivity contribution in [2.45, 2.75) is 6.61 Å². The monoisotopic (exact) mass is 144 g/mol. The standard InChI is InChI=1S/CH3AsF2O/c2-5-1(3)4/h1H,2H2. The molecule has 5 heavy (non-hydrogen) atoms. The summed E-state index contributed by atoms with van der Waals surface area (Å²) in [6.07, 6.45) is 0. The number of alkyl halides is 2. The van der Waals surface area contributed by atoms with Crippen molar-refractivity contribution < 1.29 is 12.5 Å². The Kier molecular flexibility index (Phi) is 2.80. The van der Waals surface area contributed by atoms with E-state index in [4.69, 9.17) is 0 Å². The van der Waals surface area contributed by atoms with Crippen molar-refractivity contribution in [3.63, 3.8) is 0 Å². The van der Waals surface area contributed by atoms with Gasteiger partial charge < -0.3 is 0 Å². The molecule has 0 saturated heterocycles. The summed E-state index contributed by atoms with van der Waals surface area (Å²) in [7, 11) is 0. The van der Waals surface area contributed by atoms with Crippen molar-refractivity contribution in [1.29, 1.82) is 0 Å². The number of rotatable bonds is 1. The SMILES string of the molecule is FC(F)O[AsH2]. The molecule has 0 spiro atoms. The van der Waals surface area contributed by atoms with Gasteiger partial charge in [0.25, 0.3) is 0 Å². The first-order valence-corrected chi connectivity index (χ1v) is 1.90. The number of hydrogen-bond donors (Lipinski definition) is 0. The zero-order valence-electron chi connectivity index (χ0n) is 2.32. The third-order valence-corrected chi connectivity index (χ3v) is 0.535. The van der Waals surface area contributed by atoms with Crippen LogP contribution in [0.2, 0.25) is 0 Å². The molecule has 0 radical (unpaired) electrons. The molecule has 0 N–H and O–H groups in total. The molecule has 0 fully saturated rings. The topological polar surface area (TPSA) is 9.23 Å². The quantitative estimate of drug-likeness (QED) is 0.462. The van der Waals surface area contributed by atoms with Crippen LogP contribution in [0.25, 0.3) is 0 Å². The van der Waals surface area contributed by atoms with Crippen molar-refractivity contribution >= 4 is 17.2 Å². The molecule has 0 aromatic heterocycles. The van der Waals surface area contributed by atoms with Gasteiger partial charge in [-0.05, 0) is 0 Å². The molecule has 1 unspecified atom stereocenters. The van der Waals surface area contributed by atoms with Gasteiger partial charge in [0.2, 0.25) is 0 Å². The summed E-state index contributed by atoms with van der Waals surface area (Å²) in [6.45, 7) is -2.59. The van der Waals surface area contributed by atoms with E-state index < -0.39 is 6.61 Å². The van der Waals surface area contributed by atoms with E-state index in [1.54, 1.807) is 0 Å². The van der Waals surface area contributed by atoms with Crippen LogP contribution in [-0.2, 0) is 3.73 Å². The van der Waals surface area contributed by atoms with Gasteiger partial charge in [-0.2, -0.15) is 0 Å². The minimum atomic E-state index is -2.59. The summed E-state index contributed by atoms with van der Waals surface area (Å²) in [5, 5.41) is 0. The third kappa shape index (κ3) is 4.38. The summed E-state index contributed by atoms with van der Waals surface area (Å²) in [6, 6.07) is 0. The van der Waals surface area contributed by atoms with Crippen molar-refractivity contribution in [3.05, 3.63) is 0 Å². The van der Waals surface area contributed by atoms with Crippen LogP contribution in [0.4, 0.5) is 8.78 Å². The first-order valence-electron chi connectivity index (χ1n) is 0.908. The second kappa shape index (κ2) is 2.61. The normalized spacial score (nSPS) is 9.60. The van der Waals surface area contributed by atoms with Crippen LogP contribution in [0, 0.1) is 0 Å². The average Bonchev–Trinajstić information content (AvgIpc) is 1.38. The molecule has 32 valence electrons. The van der Waals surface area contributed by atoms with E-state index >= 15 is 0 Å². The molecule has 4 heteroatoms. The van der Waals surface area contributed by atoms with E-state index in [0.717, 1.165) is 0 Å². The van der Waals surface area contributed by atoms with Crippen LogP contribution < -0.4 is 0 Å². The molecule has 0 heterocycles. The summed E-state index contributed by atoms with van der Waals surface area (Å²) in [5.74, 6) is 0. The van der Waals surface area contributed by atoms with Gasteiger partial charge in [0, 0.05) is 0 Å². The van der Waals surface area contributed by atoms with E-state index in [1.807, 2.05) is 0 Å². The fraction of sp³-hybridized carbons (Fsp3) is 1.00. The van der Waals surface area contributed by atoms with E-state index in [2.05, 4.69) is 3.73 Å². The maximum absolute atomic E-state index is 10.6. The third-order valence-electron chi connectivity index (χ3n) is 0.103. The van der Waals surface area contributed by atoms with Gasteiger partial charge in [-0.1, -0.05) is 0 Å². The second-order valence-electron chi connectivity index (χ2n) is 0.397. The molecule has 0 aromatic carbocycles. The Morgan fingerprint density at radius 1 is 1.60 bits per heavy atom. The Labute approximate surface area is 37.2 Å². The zero-order chi connectivity index (χ0) is 4.28. The van der Waals surface area contributed by atoms with Crippen LogP contribution in [-0.4, -0.2) is 23.8 Å². The van der Waals surface area contributed by atoms with E-state index in [9.17, 15) is 8.78 Å². The summed E-state index contributed by atoms with van der Waals surface area (Å²) in [5.41, 5.74) is 0. The fourth-order valence-corrected chi connectivity index (χ4v) is 0. The molecule has 0 aliphatic rings. The minimum absolute atomic E-state index is 0.578. The predicted octanol–water partition coefficient (Wildman–Crippen LogP) is -0.226.